The number of nitrogens with one attached hydrogen (secondary N) is 4. The molecule has 2 atom stereocenters. The van der Waals surface area contributed by atoms with Crippen LogP contribution >= 0.6 is 0 Å². The highest BCUT2D eigenvalue weighted by molar-refractivity contribution is 5.98. The Labute approximate surface area is 361 Å². The van der Waals surface area contributed by atoms with Gasteiger partial charge in [0.25, 0.3) is 23.6 Å². The fraction of sp³-hybridized carbons (Fsp3) is 0.234. The maximum Gasteiger partial charge on any atom is 0.270 e. The van der Waals surface area contributed by atoms with Gasteiger partial charge in [-0.1, -0.05) is 36.4 Å². The van der Waals surface area contributed by atoms with Gasteiger partial charge in [-0.25, -0.2) is 28.7 Å². The number of phenols is 1. The number of nitrogens with zero attached hydrogens (tertiary/aromatic N) is 4. The van der Waals surface area contributed by atoms with Gasteiger partial charge in [0.15, 0.2) is 0 Å². The Morgan fingerprint density at radius 2 is 1.05 bits per heavy atom. The Morgan fingerprint density at radius 3 is 1.51 bits per heavy atom. The number of rotatable bonds is 11. The number of aromatic hydroxyl groups is 1. The summed E-state index contributed by atoms with van der Waals surface area (Å²) in [7, 11) is 1.62. The van der Waals surface area contributed by atoms with E-state index < -0.39 is 17.7 Å². The number of aryl methyl sites for hydroxylation is 4. The van der Waals surface area contributed by atoms with Gasteiger partial charge >= 0.3 is 0 Å². The van der Waals surface area contributed by atoms with Gasteiger partial charge in [-0.15, -0.1) is 0 Å². The first-order chi connectivity index (χ1) is 30.3. The number of hydrogen-bond acceptors (Lipinski definition) is 10. The molecule has 0 aliphatic heterocycles. The summed E-state index contributed by atoms with van der Waals surface area (Å²) in [6, 6.07) is 22.6. The molecule has 6 aromatic rings. The van der Waals surface area contributed by atoms with Gasteiger partial charge in [0.05, 0.1) is 19.2 Å². The van der Waals surface area contributed by atoms with E-state index in [4.69, 9.17) is 4.74 Å². The molecule has 4 amide bonds. The number of hydrogen-bond donors (Lipinski definition) is 5. The molecule has 8 rings (SSSR count). The average molecular weight is 855 g/mol. The van der Waals surface area contributed by atoms with Crippen molar-refractivity contribution in [3.8, 4) is 11.5 Å². The largest absolute Gasteiger partial charge is 0.508 e. The van der Waals surface area contributed by atoms with Crippen LogP contribution in [-0.4, -0.2) is 55.8 Å². The van der Waals surface area contributed by atoms with Crippen molar-refractivity contribution in [2.75, 3.05) is 7.11 Å². The summed E-state index contributed by atoms with van der Waals surface area (Å²) in [5.41, 5.74) is 7.05. The van der Waals surface area contributed by atoms with Crippen molar-refractivity contribution >= 4 is 23.6 Å². The standard InChI is InChI=1S/C24H23FN4O3.C23H21FN4O3/c1-14-9-15(3-7-19(14)25)12-26-23(30)21-11-22(28-13-27-21)24(31)29-20-8-4-16-10-17(32-2)5-6-18(16)20;1-13-8-14(2-6-18(13)24)11-25-22(30)20-10-21(27-12-26-20)23(31)28-19-7-3-15-9-16(29)4-5-17(15)19/h3,5-7,9-11,13,20H,4,8,12H2,1-2H3,(H,26,30)(H,29,31);2,4-6,8-10,12,19,29H,3,7,11H2,1H3,(H,25,30)(H,28,31). The highest BCUT2D eigenvalue weighted by atomic mass is 19.1. The second kappa shape index (κ2) is 19.4. The first kappa shape index (κ1) is 43.5. The van der Waals surface area contributed by atoms with Gasteiger partial charge in [-0.05, 0) is 120 Å². The minimum Gasteiger partial charge on any atom is -0.508 e. The zero-order chi connectivity index (χ0) is 44.6. The number of carbonyl (C=O) groups is 4. The molecular weight excluding hydrogens is 811 g/mol. The van der Waals surface area contributed by atoms with E-state index in [0.717, 1.165) is 64.8 Å². The van der Waals surface area contributed by atoms with Crippen molar-refractivity contribution in [2.24, 2.45) is 0 Å². The van der Waals surface area contributed by atoms with Crippen LogP contribution in [0, 0.1) is 25.5 Å². The number of phenolic OH excluding ortho intramolecular Hbond substituents is 1. The van der Waals surface area contributed by atoms with E-state index in [0.29, 0.717) is 11.1 Å². The Hall–Kier alpha value is -7.62. The van der Waals surface area contributed by atoms with Crippen molar-refractivity contribution in [1.29, 1.82) is 0 Å². The Balaban J connectivity index is 0.000000189. The summed E-state index contributed by atoms with van der Waals surface area (Å²) < 4.78 is 32.0. The van der Waals surface area contributed by atoms with Crippen LogP contribution in [-0.2, 0) is 25.9 Å². The van der Waals surface area contributed by atoms with Crippen molar-refractivity contribution in [3.05, 3.63) is 177 Å². The third-order valence-corrected chi connectivity index (χ3v) is 10.9. The van der Waals surface area contributed by atoms with Gasteiger partial charge < -0.3 is 31.1 Å². The number of carbonyl (C=O) groups excluding carboxylic acids is 4. The average Bonchev–Trinajstić information content (AvgIpc) is 3.89. The molecule has 2 aliphatic carbocycles. The number of methoxy groups -OCH3 is 1. The fourth-order valence-corrected chi connectivity index (χ4v) is 7.48. The van der Waals surface area contributed by atoms with Crippen LogP contribution in [0.15, 0.2) is 97.6 Å². The molecule has 16 heteroatoms. The molecule has 2 unspecified atom stereocenters. The molecule has 4 aromatic carbocycles. The Kier molecular flexibility index (Phi) is 13.4. The molecule has 0 saturated carbocycles. The van der Waals surface area contributed by atoms with Crippen molar-refractivity contribution in [2.45, 2.75) is 64.7 Å². The molecule has 0 saturated heterocycles. The number of amides is 4. The maximum atomic E-state index is 13.4. The van der Waals surface area contributed by atoms with Crippen LogP contribution in [0.25, 0.3) is 0 Å². The van der Waals surface area contributed by atoms with E-state index in [9.17, 15) is 33.1 Å². The van der Waals surface area contributed by atoms with Crippen LogP contribution in [0.1, 0.15) is 111 Å². The predicted molar refractivity (Wildman–Crippen MR) is 227 cm³/mol. The summed E-state index contributed by atoms with van der Waals surface area (Å²) in [5, 5.41) is 21.0. The van der Waals surface area contributed by atoms with Crippen molar-refractivity contribution in [1.82, 2.24) is 41.2 Å². The van der Waals surface area contributed by atoms with E-state index in [1.165, 1.54) is 36.9 Å². The lowest BCUT2D eigenvalue weighted by molar-refractivity contribution is 0.0919. The van der Waals surface area contributed by atoms with Crippen LogP contribution in [0.2, 0.25) is 0 Å². The zero-order valence-corrected chi connectivity index (χ0v) is 34.7. The summed E-state index contributed by atoms with van der Waals surface area (Å²) in [6.07, 6.45) is 5.47. The van der Waals surface area contributed by atoms with Crippen LogP contribution in [0.3, 0.4) is 0 Å². The number of aromatic nitrogens is 4. The molecule has 2 aromatic heterocycles. The van der Waals surface area contributed by atoms with E-state index in [2.05, 4.69) is 41.2 Å². The molecular formula is C47H44F2N8O6. The number of benzene rings is 4. The first-order valence-corrected chi connectivity index (χ1v) is 20.2. The highest BCUT2D eigenvalue weighted by Gasteiger charge is 2.27. The third-order valence-electron chi connectivity index (χ3n) is 10.9. The molecule has 322 valence electrons. The zero-order valence-electron chi connectivity index (χ0n) is 34.7. The predicted octanol–water partition coefficient (Wildman–Crippen LogP) is 6.26. The van der Waals surface area contributed by atoms with Crippen LogP contribution < -0.4 is 26.0 Å². The third kappa shape index (κ3) is 10.6. The Bertz CT molecular complexity index is 2710. The van der Waals surface area contributed by atoms with E-state index in [-0.39, 0.29) is 71.2 Å². The molecule has 0 bridgehead atoms. The van der Waals surface area contributed by atoms with Gasteiger partial charge in [-0.2, -0.15) is 0 Å². The number of fused-ring (bicyclic) bond motifs is 2. The molecule has 2 heterocycles. The second-order valence-electron chi connectivity index (χ2n) is 15.2. The van der Waals surface area contributed by atoms with E-state index in [1.807, 2.05) is 18.2 Å². The molecule has 0 spiro atoms. The fourth-order valence-electron chi connectivity index (χ4n) is 7.48. The molecule has 63 heavy (non-hydrogen) atoms. The minimum absolute atomic E-state index is 0.0655. The number of ether oxygens (including phenoxy) is 1. The SMILES string of the molecule is COc1ccc2c(c1)CCC2NC(=O)c1cc(C(=O)NCc2ccc(F)c(C)c2)ncn1.Cc1cc(CNC(=O)c2cc(C(=O)NC3CCc4cc(O)ccc43)ncn2)ccc1F. The quantitative estimate of drug-likeness (QED) is 0.0993. The van der Waals surface area contributed by atoms with Crippen LogP contribution in [0.5, 0.6) is 11.5 Å². The van der Waals surface area contributed by atoms with Crippen molar-refractivity contribution < 1.29 is 37.8 Å². The van der Waals surface area contributed by atoms with Gasteiger partial charge in [0.2, 0.25) is 0 Å². The van der Waals surface area contributed by atoms with E-state index in [1.54, 1.807) is 63.4 Å². The highest BCUT2D eigenvalue weighted by Crippen LogP contribution is 2.34. The molecule has 0 fully saturated rings. The number of halogens is 2. The summed E-state index contributed by atoms with van der Waals surface area (Å²) in [5.74, 6) is -1.28. The molecule has 5 N–H and O–H groups in total. The molecule has 2 aliphatic rings. The summed E-state index contributed by atoms with van der Waals surface area (Å²) >= 11 is 0. The summed E-state index contributed by atoms with van der Waals surface area (Å²) in [4.78, 5) is 66.3. The maximum absolute atomic E-state index is 13.4. The molecule has 14 nitrogen and oxygen atoms in total. The van der Waals surface area contributed by atoms with Crippen molar-refractivity contribution in [3.63, 3.8) is 0 Å². The lowest BCUT2D eigenvalue weighted by Gasteiger charge is -2.14. The second-order valence-corrected chi connectivity index (χ2v) is 15.2. The minimum atomic E-state index is -0.458. The lowest BCUT2D eigenvalue weighted by Crippen LogP contribution is -2.29. The van der Waals surface area contributed by atoms with E-state index >= 15 is 0 Å². The Morgan fingerprint density at radius 1 is 0.603 bits per heavy atom. The van der Waals surface area contributed by atoms with Gasteiger partial charge in [0, 0.05) is 25.2 Å². The topological polar surface area (TPSA) is 197 Å². The van der Waals surface area contributed by atoms with Gasteiger partial charge in [0.1, 0.15) is 58.6 Å². The summed E-state index contributed by atoms with van der Waals surface area (Å²) in [6.45, 7) is 3.74. The lowest BCUT2D eigenvalue weighted by atomic mass is 10.1. The van der Waals surface area contributed by atoms with Crippen LogP contribution in [0.4, 0.5) is 8.78 Å². The monoisotopic (exact) mass is 854 g/mol. The normalized spacial score (nSPS) is 14.6. The first-order valence-electron chi connectivity index (χ1n) is 20.2. The smallest absolute Gasteiger partial charge is 0.270 e. The van der Waals surface area contributed by atoms with Gasteiger partial charge in [-0.3, -0.25) is 19.2 Å². The molecule has 0 radical (unpaired) electrons.